The third-order valence-electron chi connectivity index (χ3n) is 3.13. The average molecular weight is 412 g/mol. The van der Waals surface area contributed by atoms with Crippen LogP contribution < -0.4 is 5.32 Å². The minimum atomic E-state index is -0.557. The Morgan fingerprint density at radius 1 is 1.24 bits per heavy atom. The second-order valence-corrected chi connectivity index (χ2v) is 7.40. The molecule has 5 nitrogen and oxygen atoms in total. The Balaban J connectivity index is 2.73. The summed E-state index contributed by atoms with van der Waals surface area (Å²) in [5.41, 5.74) is 0.414. The Kier molecular flexibility index (Phi) is 8.69. The van der Waals surface area contributed by atoms with Gasteiger partial charge in [0.25, 0.3) is 0 Å². The van der Waals surface area contributed by atoms with Gasteiger partial charge in [-0.2, -0.15) is 0 Å². The molecule has 6 heteroatoms. The van der Waals surface area contributed by atoms with Gasteiger partial charge in [-0.25, -0.2) is 9.59 Å². The van der Waals surface area contributed by atoms with Gasteiger partial charge >= 0.3 is 12.1 Å². The summed E-state index contributed by atoms with van der Waals surface area (Å²) in [5, 5.41) is 2.90. The summed E-state index contributed by atoms with van der Waals surface area (Å²) in [5.74, 6) is -0.359. The van der Waals surface area contributed by atoms with Crippen molar-refractivity contribution in [1.82, 2.24) is 5.32 Å². The van der Waals surface area contributed by atoms with Gasteiger partial charge in [-0.1, -0.05) is 34.1 Å². The fourth-order valence-corrected chi connectivity index (χ4v) is 2.36. The van der Waals surface area contributed by atoms with E-state index in [1.807, 2.05) is 45.0 Å². The number of halogens is 1. The standard InChI is InChI=1S/C19H26BrNO4/c1-5-24-17(22)9-7-6-8-16(14-10-12-15(20)13-11-14)21-18(23)25-19(2,3)4/h7,9-13,16H,5-6,8H2,1-4H3,(H,21,23)/b9-7+/t16-/m1/s1. The number of allylic oxidation sites excluding steroid dienone is 1. The van der Waals surface area contributed by atoms with E-state index in [1.165, 1.54) is 6.08 Å². The minimum Gasteiger partial charge on any atom is -0.463 e. The van der Waals surface area contributed by atoms with Gasteiger partial charge in [0, 0.05) is 10.5 Å². The maximum atomic E-state index is 12.1. The molecular formula is C19H26BrNO4. The predicted molar refractivity (Wildman–Crippen MR) is 101 cm³/mol. The summed E-state index contributed by atoms with van der Waals surface area (Å²) in [7, 11) is 0. The molecule has 1 N–H and O–H groups in total. The fourth-order valence-electron chi connectivity index (χ4n) is 2.10. The molecule has 0 heterocycles. The highest BCUT2D eigenvalue weighted by Crippen LogP contribution is 2.22. The molecule has 0 spiro atoms. The maximum absolute atomic E-state index is 12.1. The molecule has 0 bridgehead atoms. The highest BCUT2D eigenvalue weighted by atomic mass is 79.9. The van der Waals surface area contributed by atoms with Crippen molar-refractivity contribution < 1.29 is 19.1 Å². The van der Waals surface area contributed by atoms with Crippen molar-refractivity contribution >= 4 is 28.0 Å². The van der Waals surface area contributed by atoms with Gasteiger partial charge in [0.15, 0.2) is 0 Å². The maximum Gasteiger partial charge on any atom is 0.408 e. The van der Waals surface area contributed by atoms with E-state index in [2.05, 4.69) is 21.2 Å². The second-order valence-electron chi connectivity index (χ2n) is 6.48. The molecule has 0 aliphatic carbocycles. The summed E-state index contributed by atoms with van der Waals surface area (Å²) in [6.45, 7) is 7.58. The molecule has 0 aromatic heterocycles. The Labute approximate surface area is 157 Å². The molecule has 1 aromatic carbocycles. The van der Waals surface area contributed by atoms with Crippen LogP contribution in [0.4, 0.5) is 4.79 Å². The van der Waals surface area contributed by atoms with Gasteiger partial charge in [0.1, 0.15) is 5.60 Å². The Hall–Kier alpha value is -1.82. The Morgan fingerprint density at radius 2 is 1.88 bits per heavy atom. The first-order valence-electron chi connectivity index (χ1n) is 8.29. The predicted octanol–water partition coefficient (Wildman–Crippen LogP) is 4.91. The Morgan fingerprint density at radius 3 is 2.44 bits per heavy atom. The first-order valence-corrected chi connectivity index (χ1v) is 9.09. The van der Waals surface area contributed by atoms with E-state index in [-0.39, 0.29) is 12.0 Å². The van der Waals surface area contributed by atoms with E-state index in [0.717, 1.165) is 10.0 Å². The first kappa shape index (κ1) is 21.2. The number of esters is 1. The van der Waals surface area contributed by atoms with Crippen molar-refractivity contribution in [2.24, 2.45) is 0 Å². The average Bonchev–Trinajstić information content (AvgIpc) is 2.49. The Bertz CT molecular complexity index is 590. The van der Waals surface area contributed by atoms with Gasteiger partial charge in [0.05, 0.1) is 12.6 Å². The van der Waals surface area contributed by atoms with E-state index in [1.54, 1.807) is 13.0 Å². The van der Waals surface area contributed by atoms with Gasteiger partial charge < -0.3 is 14.8 Å². The first-order chi connectivity index (χ1) is 11.7. The molecule has 0 saturated carbocycles. The van der Waals surface area contributed by atoms with Crippen molar-refractivity contribution in [3.63, 3.8) is 0 Å². The van der Waals surface area contributed by atoms with E-state index in [9.17, 15) is 9.59 Å². The van der Waals surface area contributed by atoms with Crippen LogP contribution in [0.1, 0.15) is 52.1 Å². The largest absolute Gasteiger partial charge is 0.463 e. The van der Waals surface area contributed by atoms with Crippen molar-refractivity contribution in [3.8, 4) is 0 Å². The third kappa shape index (κ3) is 9.29. The van der Waals surface area contributed by atoms with Crippen LogP contribution in [0.5, 0.6) is 0 Å². The normalized spacial score (nSPS) is 12.7. The number of benzene rings is 1. The number of nitrogens with one attached hydrogen (secondary N) is 1. The third-order valence-corrected chi connectivity index (χ3v) is 3.65. The molecular weight excluding hydrogens is 386 g/mol. The molecule has 0 saturated heterocycles. The number of carbonyl (C=O) groups excluding carboxylic acids is 2. The zero-order chi connectivity index (χ0) is 18.9. The zero-order valence-electron chi connectivity index (χ0n) is 15.2. The monoisotopic (exact) mass is 411 g/mol. The van der Waals surface area contributed by atoms with Crippen molar-refractivity contribution in [2.45, 2.75) is 52.2 Å². The van der Waals surface area contributed by atoms with E-state index >= 15 is 0 Å². The van der Waals surface area contributed by atoms with Crippen LogP contribution in [0.3, 0.4) is 0 Å². The van der Waals surface area contributed by atoms with Crippen LogP contribution in [-0.4, -0.2) is 24.3 Å². The van der Waals surface area contributed by atoms with Gasteiger partial charge in [-0.3, -0.25) is 0 Å². The molecule has 1 atom stereocenters. The van der Waals surface area contributed by atoms with E-state index in [4.69, 9.17) is 9.47 Å². The van der Waals surface area contributed by atoms with Gasteiger partial charge in [0.2, 0.25) is 0 Å². The summed E-state index contributed by atoms with van der Waals surface area (Å²) >= 11 is 3.41. The lowest BCUT2D eigenvalue weighted by atomic mass is 10.0. The second kappa shape index (κ2) is 10.2. The lowest BCUT2D eigenvalue weighted by molar-refractivity contribution is -0.137. The molecule has 0 aliphatic heterocycles. The summed E-state index contributed by atoms with van der Waals surface area (Å²) in [6, 6.07) is 7.53. The van der Waals surface area contributed by atoms with Crippen molar-refractivity contribution in [2.75, 3.05) is 6.61 Å². The van der Waals surface area contributed by atoms with Crippen LogP contribution in [0.2, 0.25) is 0 Å². The number of ether oxygens (including phenoxy) is 2. The van der Waals surface area contributed by atoms with Crippen molar-refractivity contribution in [3.05, 3.63) is 46.5 Å². The lowest BCUT2D eigenvalue weighted by Gasteiger charge is -2.24. The smallest absolute Gasteiger partial charge is 0.408 e. The van der Waals surface area contributed by atoms with Crippen LogP contribution in [0, 0.1) is 0 Å². The number of hydrogen-bond acceptors (Lipinski definition) is 4. The fraction of sp³-hybridized carbons (Fsp3) is 0.474. The number of hydrogen-bond donors (Lipinski definition) is 1. The molecule has 1 rings (SSSR count). The SMILES string of the molecule is CCOC(=O)/C=C/CC[C@@H](NC(=O)OC(C)(C)C)c1ccc(Br)cc1. The summed E-state index contributed by atoms with van der Waals surface area (Å²) < 4.78 is 11.2. The van der Waals surface area contributed by atoms with Crippen LogP contribution >= 0.6 is 15.9 Å². The molecule has 1 aromatic rings. The summed E-state index contributed by atoms with van der Waals surface area (Å²) in [6.07, 6.45) is 3.96. The zero-order valence-corrected chi connectivity index (χ0v) is 16.8. The number of rotatable bonds is 7. The quantitative estimate of drug-likeness (QED) is 0.510. The summed E-state index contributed by atoms with van der Waals surface area (Å²) in [4.78, 5) is 23.4. The molecule has 0 aliphatic rings. The molecule has 0 radical (unpaired) electrons. The van der Waals surface area contributed by atoms with Crippen LogP contribution in [0.25, 0.3) is 0 Å². The van der Waals surface area contributed by atoms with Gasteiger partial charge in [-0.15, -0.1) is 0 Å². The molecule has 0 unspecified atom stereocenters. The molecule has 1 amide bonds. The van der Waals surface area contributed by atoms with Gasteiger partial charge in [-0.05, 0) is 58.2 Å². The van der Waals surface area contributed by atoms with Crippen LogP contribution in [0.15, 0.2) is 40.9 Å². The highest BCUT2D eigenvalue weighted by Gasteiger charge is 2.20. The molecule has 138 valence electrons. The van der Waals surface area contributed by atoms with Crippen LogP contribution in [-0.2, 0) is 14.3 Å². The van der Waals surface area contributed by atoms with Crippen molar-refractivity contribution in [1.29, 1.82) is 0 Å². The molecule has 25 heavy (non-hydrogen) atoms. The number of alkyl carbamates (subject to hydrolysis) is 1. The number of amides is 1. The van der Waals surface area contributed by atoms with E-state index in [0.29, 0.717) is 19.4 Å². The molecule has 0 fully saturated rings. The minimum absolute atomic E-state index is 0.213. The van der Waals surface area contributed by atoms with E-state index < -0.39 is 11.7 Å². The lowest BCUT2D eigenvalue weighted by Crippen LogP contribution is -2.35. The number of carbonyl (C=O) groups is 2. The topological polar surface area (TPSA) is 64.6 Å². The highest BCUT2D eigenvalue weighted by molar-refractivity contribution is 9.10.